The summed E-state index contributed by atoms with van der Waals surface area (Å²) in [4.78, 5) is 14.7. The lowest BCUT2D eigenvalue weighted by molar-refractivity contribution is -0.137. The van der Waals surface area contributed by atoms with Gasteiger partial charge < -0.3 is 15.4 Å². The third-order valence-electron chi connectivity index (χ3n) is 4.27. The molecule has 0 bridgehead atoms. The molecule has 1 aliphatic heterocycles. The van der Waals surface area contributed by atoms with Crippen LogP contribution in [-0.4, -0.2) is 30.0 Å². The highest BCUT2D eigenvalue weighted by Gasteiger charge is 2.38. The maximum atomic E-state index is 12.7. The molecule has 0 aromatic heterocycles. The lowest BCUT2D eigenvalue weighted by Gasteiger charge is -2.33. The van der Waals surface area contributed by atoms with Crippen molar-refractivity contribution in [2.45, 2.75) is 51.1 Å². The Morgan fingerprint density at radius 1 is 1.43 bits per heavy atom. The Bertz CT molecular complexity index is 482. The molecule has 0 radical (unpaired) electrons. The number of hydrogen-bond donors (Lipinski definition) is 1. The van der Waals surface area contributed by atoms with Crippen LogP contribution in [0.5, 0.6) is 5.75 Å². The zero-order valence-electron chi connectivity index (χ0n) is 13.3. The normalized spacial score (nSPS) is 21.1. The quantitative estimate of drug-likeness (QED) is 0.907. The van der Waals surface area contributed by atoms with Crippen molar-refractivity contribution in [1.82, 2.24) is 4.90 Å². The van der Waals surface area contributed by atoms with Crippen molar-refractivity contribution in [3.8, 4) is 5.75 Å². The first-order chi connectivity index (χ1) is 9.99. The molecule has 21 heavy (non-hydrogen) atoms. The van der Waals surface area contributed by atoms with Gasteiger partial charge in [-0.25, -0.2) is 0 Å². The molecule has 4 heteroatoms. The molecule has 1 aliphatic rings. The van der Waals surface area contributed by atoms with E-state index in [4.69, 9.17) is 10.5 Å². The van der Waals surface area contributed by atoms with E-state index >= 15 is 0 Å². The Morgan fingerprint density at radius 3 is 2.67 bits per heavy atom. The van der Waals surface area contributed by atoms with E-state index in [1.165, 1.54) is 0 Å². The molecule has 1 fully saturated rings. The predicted octanol–water partition coefficient (Wildman–Crippen LogP) is 2.88. The van der Waals surface area contributed by atoms with Crippen molar-refractivity contribution in [2.24, 2.45) is 5.73 Å². The first kappa shape index (κ1) is 15.8. The number of amides is 1. The van der Waals surface area contributed by atoms with Crippen molar-refractivity contribution in [3.05, 3.63) is 29.8 Å². The molecule has 0 saturated carbocycles. The van der Waals surface area contributed by atoms with E-state index < -0.39 is 5.54 Å². The molecule has 2 N–H and O–H groups in total. The molecule has 116 valence electrons. The summed E-state index contributed by atoms with van der Waals surface area (Å²) in [5, 5.41) is 0. The van der Waals surface area contributed by atoms with Gasteiger partial charge in [0.25, 0.3) is 0 Å². The smallest absolute Gasteiger partial charge is 0.242 e. The topological polar surface area (TPSA) is 55.6 Å². The molecule has 1 aromatic rings. The van der Waals surface area contributed by atoms with E-state index in [9.17, 15) is 4.79 Å². The first-order valence-corrected chi connectivity index (χ1v) is 7.73. The number of nitrogens with two attached hydrogens (primary N) is 1. The Labute approximate surface area is 127 Å². The monoisotopic (exact) mass is 290 g/mol. The number of carbonyl (C=O) groups is 1. The molecule has 0 spiro atoms. The molecule has 2 unspecified atom stereocenters. The van der Waals surface area contributed by atoms with E-state index in [2.05, 4.69) is 6.92 Å². The fourth-order valence-electron chi connectivity index (χ4n) is 3.14. The Hall–Kier alpha value is -1.55. The van der Waals surface area contributed by atoms with Gasteiger partial charge in [-0.05, 0) is 43.9 Å². The lowest BCUT2D eigenvalue weighted by Crippen LogP contribution is -2.52. The minimum absolute atomic E-state index is 0.0719. The standard InChI is InChI=1S/C17H26N2O2/c1-4-11-17(2,18)16(20)19-12-5-6-15(19)13-7-9-14(21-3)10-8-13/h7-10,15H,4-6,11-12,18H2,1-3H3. The van der Waals surface area contributed by atoms with E-state index in [0.717, 1.165) is 43.5 Å². The maximum absolute atomic E-state index is 12.7. The van der Waals surface area contributed by atoms with Crippen LogP contribution < -0.4 is 10.5 Å². The van der Waals surface area contributed by atoms with Crippen LogP contribution in [0.1, 0.15) is 51.1 Å². The molecular formula is C17H26N2O2. The molecule has 2 rings (SSSR count). The average molecular weight is 290 g/mol. The summed E-state index contributed by atoms with van der Waals surface area (Å²) in [6.07, 6.45) is 3.67. The van der Waals surface area contributed by atoms with Crippen LogP contribution in [0, 0.1) is 0 Å². The molecule has 1 saturated heterocycles. The molecule has 1 amide bonds. The minimum atomic E-state index is -0.760. The SMILES string of the molecule is CCCC(C)(N)C(=O)N1CCCC1c1ccc(OC)cc1. The number of carbonyl (C=O) groups excluding carboxylic acids is 1. The fraction of sp³-hybridized carbons (Fsp3) is 0.588. The van der Waals surface area contributed by atoms with E-state index in [-0.39, 0.29) is 11.9 Å². The molecule has 1 aromatic carbocycles. The van der Waals surface area contributed by atoms with Crippen LogP contribution in [0.3, 0.4) is 0 Å². The number of ether oxygens (including phenoxy) is 1. The highest BCUT2D eigenvalue weighted by molar-refractivity contribution is 5.86. The maximum Gasteiger partial charge on any atom is 0.242 e. The van der Waals surface area contributed by atoms with E-state index in [1.807, 2.05) is 36.1 Å². The van der Waals surface area contributed by atoms with Gasteiger partial charge in [0.2, 0.25) is 5.91 Å². The molecule has 2 atom stereocenters. The zero-order chi connectivity index (χ0) is 15.5. The zero-order valence-corrected chi connectivity index (χ0v) is 13.3. The molecule has 4 nitrogen and oxygen atoms in total. The lowest BCUT2D eigenvalue weighted by atomic mass is 9.94. The van der Waals surface area contributed by atoms with Crippen molar-refractivity contribution in [2.75, 3.05) is 13.7 Å². The van der Waals surface area contributed by atoms with Crippen molar-refractivity contribution in [1.29, 1.82) is 0 Å². The summed E-state index contributed by atoms with van der Waals surface area (Å²) < 4.78 is 5.19. The van der Waals surface area contributed by atoms with Crippen LogP contribution in [-0.2, 0) is 4.79 Å². The summed E-state index contributed by atoms with van der Waals surface area (Å²) in [6.45, 7) is 4.71. The largest absolute Gasteiger partial charge is 0.497 e. The van der Waals surface area contributed by atoms with Gasteiger partial charge in [-0.3, -0.25) is 4.79 Å². The van der Waals surface area contributed by atoms with Crippen molar-refractivity contribution in [3.63, 3.8) is 0 Å². The number of likely N-dealkylation sites (tertiary alicyclic amines) is 1. The van der Waals surface area contributed by atoms with Crippen LogP contribution in [0.25, 0.3) is 0 Å². The van der Waals surface area contributed by atoms with Gasteiger partial charge in [-0.15, -0.1) is 0 Å². The highest BCUT2D eigenvalue weighted by atomic mass is 16.5. The second kappa shape index (κ2) is 6.48. The number of rotatable bonds is 5. The number of nitrogens with zero attached hydrogens (tertiary/aromatic N) is 1. The highest BCUT2D eigenvalue weighted by Crippen LogP contribution is 2.34. The summed E-state index contributed by atoms with van der Waals surface area (Å²) >= 11 is 0. The van der Waals surface area contributed by atoms with Gasteiger partial charge in [-0.2, -0.15) is 0 Å². The summed E-state index contributed by atoms with van der Waals surface area (Å²) in [5.74, 6) is 0.909. The van der Waals surface area contributed by atoms with Gasteiger partial charge in [-0.1, -0.05) is 25.5 Å². The third kappa shape index (κ3) is 3.38. The first-order valence-electron chi connectivity index (χ1n) is 7.73. The fourth-order valence-corrected chi connectivity index (χ4v) is 3.14. The van der Waals surface area contributed by atoms with Crippen molar-refractivity contribution < 1.29 is 9.53 Å². The van der Waals surface area contributed by atoms with Gasteiger partial charge in [0.05, 0.1) is 18.7 Å². The average Bonchev–Trinajstić information content (AvgIpc) is 2.95. The Morgan fingerprint density at radius 2 is 2.10 bits per heavy atom. The van der Waals surface area contributed by atoms with Gasteiger partial charge >= 0.3 is 0 Å². The number of hydrogen-bond acceptors (Lipinski definition) is 3. The van der Waals surface area contributed by atoms with Crippen LogP contribution in [0.4, 0.5) is 0 Å². The summed E-state index contributed by atoms with van der Waals surface area (Å²) in [6, 6.07) is 8.13. The van der Waals surface area contributed by atoms with Gasteiger partial charge in [0, 0.05) is 6.54 Å². The summed E-state index contributed by atoms with van der Waals surface area (Å²) in [7, 11) is 1.66. The predicted molar refractivity (Wildman–Crippen MR) is 84.2 cm³/mol. The van der Waals surface area contributed by atoms with E-state index in [0.29, 0.717) is 0 Å². The molecule has 0 aliphatic carbocycles. The van der Waals surface area contributed by atoms with Gasteiger partial charge in [0.1, 0.15) is 5.75 Å². The molecule has 1 heterocycles. The number of methoxy groups -OCH3 is 1. The second-order valence-corrected chi connectivity index (χ2v) is 6.10. The Kier molecular flexibility index (Phi) is 4.88. The van der Waals surface area contributed by atoms with E-state index in [1.54, 1.807) is 7.11 Å². The number of benzene rings is 1. The second-order valence-electron chi connectivity index (χ2n) is 6.10. The van der Waals surface area contributed by atoms with Crippen LogP contribution in [0.2, 0.25) is 0 Å². The minimum Gasteiger partial charge on any atom is -0.497 e. The van der Waals surface area contributed by atoms with Crippen LogP contribution >= 0.6 is 0 Å². The summed E-state index contributed by atoms with van der Waals surface area (Å²) in [5.41, 5.74) is 6.63. The van der Waals surface area contributed by atoms with Crippen molar-refractivity contribution >= 4 is 5.91 Å². The molecular weight excluding hydrogens is 264 g/mol. The van der Waals surface area contributed by atoms with Crippen LogP contribution in [0.15, 0.2) is 24.3 Å². The third-order valence-corrected chi connectivity index (χ3v) is 4.27. The Balaban J connectivity index is 2.17. The van der Waals surface area contributed by atoms with Gasteiger partial charge in [0.15, 0.2) is 0 Å².